The van der Waals surface area contributed by atoms with Crippen molar-refractivity contribution in [3.63, 3.8) is 0 Å². The summed E-state index contributed by atoms with van der Waals surface area (Å²) in [6.07, 6.45) is 2.74. The lowest BCUT2D eigenvalue weighted by Crippen LogP contribution is -2.31. The number of ether oxygens (including phenoxy) is 1. The third-order valence-corrected chi connectivity index (χ3v) is 3.74. The van der Waals surface area contributed by atoms with Crippen LogP contribution in [0.4, 0.5) is 0 Å². The van der Waals surface area contributed by atoms with Crippen molar-refractivity contribution in [1.82, 2.24) is 10.2 Å². The van der Waals surface area contributed by atoms with Crippen LogP contribution in [0.25, 0.3) is 0 Å². The number of methoxy groups -OCH3 is 1. The van der Waals surface area contributed by atoms with E-state index < -0.39 is 0 Å². The van der Waals surface area contributed by atoms with Crippen molar-refractivity contribution >= 4 is 0 Å². The third kappa shape index (κ3) is 4.94. The van der Waals surface area contributed by atoms with Gasteiger partial charge in [-0.3, -0.25) is 0 Å². The maximum Gasteiger partial charge on any atom is 0.0589 e. The van der Waals surface area contributed by atoms with Crippen LogP contribution in [-0.2, 0) is 11.3 Å². The molecule has 0 atom stereocenters. The number of hydrogen-bond donors (Lipinski definition) is 1. The van der Waals surface area contributed by atoms with Gasteiger partial charge in [-0.15, -0.1) is 0 Å². The average Bonchev–Trinajstić information content (AvgIpc) is 3.26. The minimum Gasteiger partial charge on any atom is -0.383 e. The van der Waals surface area contributed by atoms with Crippen LogP contribution in [0, 0.1) is 0 Å². The second kappa shape index (κ2) is 7.63. The summed E-state index contributed by atoms with van der Waals surface area (Å²) < 4.78 is 5.08. The van der Waals surface area contributed by atoms with Gasteiger partial charge in [0, 0.05) is 33.3 Å². The molecular formula is C16H26N2O. The monoisotopic (exact) mass is 262 g/mol. The largest absolute Gasteiger partial charge is 0.383 e. The number of nitrogens with zero attached hydrogens (tertiary/aromatic N) is 1. The first-order valence-electron chi connectivity index (χ1n) is 7.27. The van der Waals surface area contributed by atoms with Crippen LogP contribution >= 0.6 is 0 Å². The van der Waals surface area contributed by atoms with Gasteiger partial charge < -0.3 is 15.0 Å². The van der Waals surface area contributed by atoms with Gasteiger partial charge in [0.25, 0.3) is 0 Å². The normalized spacial score (nSPS) is 15.1. The summed E-state index contributed by atoms with van der Waals surface area (Å²) in [4.78, 5) is 2.29. The molecule has 0 radical (unpaired) electrons. The highest BCUT2D eigenvalue weighted by Gasteiger charge is 2.25. The summed E-state index contributed by atoms with van der Waals surface area (Å²) in [5.41, 5.74) is 3.03. The molecule has 3 heteroatoms. The summed E-state index contributed by atoms with van der Waals surface area (Å²) in [7, 11) is 3.89. The number of benzene rings is 1. The first-order valence-corrected chi connectivity index (χ1v) is 7.27. The van der Waals surface area contributed by atoms with E-state index in [0.717, 1.165) is 38.7 Å². The van der Waals surface area contributed by atoms with Crippen molar-refractivity contribution in [2.24, 2.45) is 0 Å². The summed E-state index contributed by atoms with van der Waals surface area (Å²) in [5.74, 6) is 0.836. The van der Waals surface area contributed by atoms with Crippen molar-refractivity contribution in [3.05, 3.63) is 35.4 Å². The number of hydrogen-bond acceptors (Lipinski definition) is 3. The minimum absolute atomic E-state index is 0.807. The van der Waals surface area contributed by atoms with E-state index in [1.54, 1.807) is 12.7 Å². The first kappa shape index (κ1) is 14.5. The van der Waals surface area contributed by atoms with Gasteiger partial charge in [0.05, 0.1) is 6.61 Å². The Hall–Kier alpha value is -0.900. The molecule has 1 aliphatic rings. The van der Waals surface area contributed by atoms with Crippen molar-refractivity contribution in [2.45, 2.75) is 25.3 Å². The molecule has 1 aromatic rings. The molecule has 0 heterocycles. The lowest BCUT2D eigenvalue weighted by Gasteiger charge is -2.16. The summed E-state index contributed by atoms with van der Waals surface area (Å²) in [6.45, 7) is 4.89. The molecule has 19 heavy (non-hydrogen) atoms. The number of rotatable bonds is 9. The maximum atomic E-state index is 5.08. The Morgan fingerprint density at radius 1 is 1.26 bits per heavy atom. The standard InChI is InChI=1S/C16H26N2O/c1-18(11-12-19-2)10-9-17-13-15-5-3-4-6-16(15)14-7-8-14/h3-6,14,17H,7-13H2,1-2H3. The van der Waals surface area contributed by atoms with Gasteiger partial charge in [-0.1, -0.05) is 24.3 Å². The molecule has 0 spiro atoms. The van der Waals surface area contributed by atoms with Crippen LogP contribution < -0.4 is 5.32 Å². The second-order valence-corrected chi connectivity index (χ2v) is 5.45. The van der Waals surface area contributed by atoms with E-state index >= 15 is 0 Å². The van der Waals surface area contributed by atoms with Crippen LogP contribution in [0.2, 0.25) is 0 Å². The highest BCUT2D eigenvalue weighted by Crippen LogP contribution is 2.41. The summed E-state index contributed by atoms with van der Waals surface area (Å²) in [6, 6.07) is 8.86. The van der Waals surface area contributed by atoms with Crippen molar-refractivity contribution < 1.29 is 4.74 Å². The zero-order chi connectivity index (χ0) is 13.5. The lowest BCUT2D eigenvalue weighted by atomic mass is 10.0. The van der Waals surface area contributed by atoms with E-state index in [-0.39, 0.29) is 0 Å². The van der Waals surface area contributed by atoms with Crippen LogP contribution in [0.1, 0.15) is 29.9 Å². The van der Waals surface area contributed by atoms with E-state index in [4.69, 9.17) is 4.74 Å². The van der Waals surface area contributed by atoms with Gasteiger partial charge in [-0.2, -0.15) is 0 Å². The topological polar surface area (TPSA) is 24.5 Å². The van der Waals surface area contributed by atoms with Gasteiger partial charge in [0.15, 0.2) is 0 Å². The van der Waals surface area contributed by atoms with Gasteiger partial charge in [0.1, 0.15) is 0 Å². The molecule has 2 rings (SSSR count). The zero-order valence-corrected chi connectivity index (χ0v) is 12.2. The predicted octanol–water partition coefficient (Wildman–Crippen LogP) is 2.23. The molecule has 1 aromatic carbocycles. The molecule has 106 valence electrons. The molecule has 0 unspecified atom stereocenters. The molecule has 3 nitrogen and oxygen atoms in total. The zero-order valence-electron chi connectivity index (χ0n) is 12.2. The molecule has 0 bridgehead atoms. The molecular weight excluding hydrogens is 236 g/mol. The molecule has 1 aliphatic carbocycles. The van der Waals surface area contributed by atoms with Crippen LogP contribution in [0.3, 0.4) is 0 Å². The number of likely N-dealkylation sites (N-methyl/N-ethyl adjacent to an activating group) is 1. The maximum absolute atomic E-state index is 5.08. The van der Waals surface area contributed by atoms with Crippen molar-refractivity contribution in [3.8, 4) is 0 Å². The van der Waals surface area contributed by atoms with Crippen molar-refractivity contribution in [2.75, 3.05) is 40.4 Å². The van der Waals surface area contributed by atoms with E-state index in [1.165, 1.54) is 18.4 Å². The molecule has 0 aromatic heterocycles. The fourth-order valence-electron chi connectivity index (χ4n) is 2.34. The Labute approximate surface area is 116 Å². The second-order valence-electron chi connectivity index (χ2n) is 5.45. The first-order chi connectivity index (χ1) is 9.31. The van der Waals surface area contributed by atoms with E-state index in [9.17, 15) is 0 Å². The van der Waals surface area contributed by atoms with Gasteiger partial charge in [0.2, 0.25) is 0 Å². The van der Waals surface area contributed by atoms with Crippen molar-refractivity contribution in [1.29, 1.82) is 0 Å². The number of nitrogens with one attached hydrogen (secondary N) is 1. The molecule has 1 fully saturated rings. The molecule has 0 saturated heterocycles. The molecule has 0 amide bonds. The fraction of sp³-hybridized carbons (Fsp3) is 0.625. The highest BCUT2D eigenvalue weighted by molar-refractivity contribution is 5.33. The highest BCUT2D eigenvalue weighted by atomic mass is 16.5. The van der Waals surface area contributed by atoms with Crippen LogP contribution in [0.5, 0.6) is 0 Å². The smallest absolute Gasteiger partial charge is 0.0589 e. The lowest BCUT2D eigenvalue weighted by molar-refractivity contribution is 0.161. The van der Waals surface area contributed by atoms with Gasteiger partial charge in [-0.25, -0.2) is 0 Å². The summed E-state index contributed by atoms with van der Waals surface area (Å²) in [5, 5.41) is 3.55. The SMILES string of the molecule is COCCN(C)CCNCc1ccccc1C1CC1. The Kier molecular flexibility index (Phi) is 5.83. The Morgan fingerprint density at radius 3 is 2.79 bits per heavy atom. The van der Waals surface area contributed by atoms with E-state index in [0.29, 0.717) is 0 Å². The van der Waals surface area contributed by atoms with E-state index in [1.807, 2.05) is 0 Å². The molecule has 0 aliphatic heterocycles. The van der Waals surface area contributed by atoms with Crippen LogP contribution in [0.15, 0.2) is 24.3 Å². The fourth-order valence-corrected chi connectivity index (χ4v) is 2.34. The predicted molar refractivity (Wildman–Crippen MR) is 79.5 cm³/mol. The minimum atomic E-state index is 0.807. The Balaban J connectivity index is 1.68. The average molecular weight is 262 g/mol. The Morgan fingerprint density at radius 2 is 2.05 bits per heavy atom. The van der Waals surface area contributed by atoms with Gasteiger partial charge in [-0.05, 0) is 36.9 Å². The molecule has 1 N–H and O–H groups in total. The van der Waals surface area contributed by atoms with Gasteiger partial charge >= 0.3 is 0 Å². The quantitative estimate of drug-likeness (QED) is 0.691. The Bertz CT molecular complexity index is 377. The van der Waals surface area contributed by atoms with Crippen LogP contribution in [-0.4, -0.2) is 45.3 Å². The molecule has 1 saturated carbocycles. The third-order valence-electron chi connectivity index (χ3n) is 3.74. The van der Waals surface area contributed by atoms with E-state index in [2.05, 4.69) is 41.5 Å². The summed E-state index contributed by atoms with van der Waals surface area (Å²) >= 11 is 0.